The normalized spacial score (nSPS) is 11.8. The van der Waals surface area contributed by atoms with Gasteiger partial charge in [-0.3, -0.25) is 4.68 Å². The Morgan fingerprint density at radius 3 is 2.47 bits per heavy atom. The first kappa shape index (κ1) is 24.7. The summed E-state index contributed by atoms with van der Waals surface area (Å²) in [6, 6.07) is 8.29. The number of ether oxygens (including phenoxy) is 1. The molecule has 0 atom stereocenters. The van der Waals surface area contributed by atoms with Crippen LogP contribution in [0.5, 0.6) is 5.88 Å². The summed E-state index contributed by atoms with van der Waals surface area (Å²) >= 11 is 6.71. The van der Waals surface area contributed by atoms with Crippen molar-refractivity contribution in [2.45, 2.75) is 46.1 Å². The maximum Gasteiger partial charge on any atom is 1.00 e. The molecule has 1 aromatic carbocycles. The number of halogens is 2. The molecule has 0 aliphatic rings. The number of imidazole rings is 1. The van der Waals surface area contributed by atoms with Crippen LogP contribution in [-0.2, 0) is 12.5 Å². The number of nitrogens with zero attached hydrogens (tertiary/aromatic N) is 4. The van der Waals surface area contributed by atoms with E-state index in [0.717, 1.165) is 5.69 Å². The van der Waals surface area contributed by atoms with Crippen molar-refractivity contribution in [1.82, 2.24) is 24.7 Å². The van der Waals surface area contributed by atoms with Crippen LogP contribution in [0.3, 0.4) is 0 Å². The van der Waals surface area contributed by atoms with Crippen molar-refractivity contribution in [3.63, 3.8) is 0 Å². The monoisotopic (exact) mass is 465 g/mol. The molecule has 1 N–H and O–H groups in total. The van der Waals surface area contributed by atoms with Crippen molar-refractivity contribution in [3.8, 4) is 28.7 Å². The molecule has 4 rings (SSSR count). The standard InChI is InChI=1S/C23H25ClFN5O.Na.H/c1-12(2)31-22-18-16(11-15(27-22)13-9-7-8-10-14(13)25)26-21(28-18)19-17(24)20(23(3,4)5)29-30(19)6;;/h7-12H,1-6H3,(H,26,28);;/q;+1;-1. The summed E-state index contributed by atoms with van der Waals surface area (Å²) in [6.07, 6.45) is -0.125. The number of rotatable bonds is 4. The summed E-state index contributed by atoms with van der Waals surface area (Å²) in [6.45, 7) is 9.99. The zero-order valence-corrected chi connectivity index (χ0v) is 22.2. The van der Waals surface area contributed by atoms with E-state index < -0.39 is 0 Å². The second-order valence-electron chi connectivity index (χ2n) is 8.83. The van der Waals surface area contributed by atoms with Crippen molar-refractivity contribution >= 4 is 22.6 Å². The summed E-state index contributed by atoms with van der Waals surface area (Å²) in [4.78, 5) is 12.6. The average molecular weight is 466 g/mol. The number of hydrogen-bond donors (Lipinski definition) is 1. The Morgan fingerprint density at radius 2 is 1.88 bits per heavy atom. The van der Waals surface area contributed by atoms with Crippen LogP contribution in [0, 0.1) is 5.82 Å². The molecule has 3 heterocycles. The first-order chi connectivity index (χ1) is 14.6. The van der Waals surface area contributed by atoms with Crippen molar-refractivity contribution in [1.29, 1.82) is 0 Å². The van der Waals surface area contributed by atoms with E-state index in [4.69, 9.17) is 21.3 Å². The largest absolute Gasteiger partial charge is 1.00 e. The number of H-pyrrole nitrogens is 1. The van der Waals surface area contributed by atoms with Gasteiger partial charge in [-0.05, 0) is 32.0 Å². The van der Waals surface area contributed by atoms with E-state index in [9.17, 15) is 4.39 Å². The molecule has 0 aliphatic heterocycles. The van der Waals surface area contributed by atoms with Gasteiger partial charge in [0, 0.05) is 18.0 Å². The van der Waals surface area contributed by atoms with Crippen LogP contribution in [0.2, 0.25) is 5.02 Å². The number of aromatic nitrogens is 5. The van der Waals surface area contributed by atoms with Crippen LogP contribution in [0.25, 0.3) is 33.8 Å². The Hall–Kier alpha value is -1.93. The van der Waals surface area contributed by atoms with Gasteiger partial charge in [-0.15, -0.1) is 0 Å². The third kappa shape index (κ3) is 4.57. The fourth-order valence-electron chi connectivity index (χ4n) is 3.44. The summed E-state index contributed by atoms with van der Waals surface area (Å²) in [5.74, 6) is 0.531. The van der Waals surface area contributed by atoms with Gasteiger partial charge in [0.05, 0.1) is 28.0 Å². The third-order valence-electron chi connectivity index (χ3n) is 4.86. The number of hydrogen-bond acceptors (Lipinski definition) is 4. The van der Waals surface area contributed by atoms with Crippen molar-refractivity contribution < 1.29 is 40.1 Å². The molecule has 0 bridgehead atoms. The first-order valence-electron chi connectivity index (χ1n) is 10.1. The number of aromatic amines is 1. The molecule has 0 spiro atoms. The summed E-state index contributed by atoms with van der Waals surface area (Å²) in [7, 11) is 1.83. The molecule has 164 valence electrons. The van der Waals surface area contributed by atoms with Crippen molar-refractivity contribution in [3.05, 3.63) is 46.9 Å². The Bertz CT molecular complexity index is 1280. The molecule has 6 nitrogen and oxygen atoms in total. The fourth-order valence-corrected chi connectivity index (χ4v) is 3.98. The summed E-state index contributed by atoms with van der Waals surface area (Å²) in [5.41, 5.74) is 3.32. The zero-order valence-electron chi connectivity index (χ0n) is 20.4. The number of nitrogens with one attached hydrogen (secondary N) is 1. The van der Waals surface area contributed by atoms with E-state index in [0.29, 0.717) is 44.7 Å². The predicted octanol–water partition coefficient (Wildman–Crippen LogP) is 3.02. The van der Waals surface area contributed by atoms with Gasteiger partial charge in [0.25, 0.3) is 0 Å². The minimum atomic E-state index is -0.353. The smallest absolute Gasteiger partial charge is 1.00 e. The van der Waals surface area contributed by atoms with E-state index in [1.54, 1.807) is 28.9 Å². The quantitative estimate of drug-likeness (QED) is 0.470. The van der Waals surface area contributed by atoms with Crippen molar-refractivity contribution in [2.75, 3.05) is 0 Å². The SMILES string of the molecule is CC(C)Oc1nc(-c2ccccc2F)cc2[nH]c(-c3c(Cl)c(C(C)(C)C)nn3C)nc12.[H-].[Na+]. The van der Waals surface area contributed by atoms with Crippen LogP contribution in [0.1, 0.15) is 41.7 Å². The van der Waals surface area contributed by atoms with E-state index in [1.807, 2.05) is 20.9 Å². The van der Waals surface area contributed by atoms with Crippen LogP contribution < -0.4 is 34.3 Å². The molecule has 32 heavy (non-hydrogen) atoms. The summed E-state index contributed by atoms with van der Waals surface area (Å²) < 4.78 is 22.1. The molecule has 3 aromatic heterocycles. The molecule has 0 unspecified atom stereocenters. The molecular weight excluding hydrogens is 440 g/mol. The van der Waals surface area contributed by atoms with E-state index >= 15 is 0 Å². The van der Waals surface area contributed by atoms with Gasteiger partial charge in [-0.25, -0.2) is 14.4 Å². The number of aryl methyl sites for hydroxylation is 1. The van der Waals surface area contributed by atoms with Crippen molar-refractivity contribution in [2.24, 2.45) is 7.05 Å². The molecule has 0 fully saturated rings. The second kappa shape index (κ2) is 9.14. The molecule has 9 heteroatoms. The molecule has 0 amide bonds. The minimum absolute atomic E-state index is 0. The van der Waals surface area contributed by atoms with Gasteiger partial charge in [-0.2, -0.15) is 5.10 Å². The van der Waals surface area contributed by atoms with E-state index in [1.165, 1.54) is 6.07 Å². The molecule has 0 aliphatic carbocycles. The maximum atomic E-state index is 14.4. The second-order valence-corrected chi connectivity index (χ2v) is 9.20. The van der Waals surface area contributed by atoms with Gasteiger partial charge < -0.3 is 11.1 Å². The molecule has 0 saturated carbocycles. The Labute approximate surface area is 215 Å². The molecular formula is C23H26ClFN5NaO. The van der Waals surface area contributed by atoms with E-state index in [2.05, 4.69) is 35.8 Å². The number of fused-ring (bicyclic) bond motifs is 1. The van der Waals surface area contributed by atoms with Crippen LogP contribution >= 0.6 is 11.6 Å². The maximum absolute atomic E-state index is 14.4. The molecule has 4 aromatic rings. The summed E-state index contributed by atoms with van der Waals surface area (Å²) in [5, 5.41) is 5.15. The van der Waals surface area contributed by atoms with Gasteiger partial charge in [0.1, 0.15) is 11.5 Å². The number of benzene rings is 1. The Kier molecular flexibility index (Phi) is 7.05. The van der Waals surface area contributed by atoms with Crippen LogP contribution in [0.15, 0.2) is 30.3 Å². The van der Waals surface area contributed by atoms with Gasteiger partial charge in [0.15, 0.2) is 11.3 Å². The minimum Gasteiger partial charge on any atom is -1.00 e. The molecule has 0 saturated heterocycles. The topological polar surface area (TPSA) is 68.6 Å². The third-order valence-corrected chi connectivity index (χ3v) is 5.22. The van der Waals surface area contributed by atoms with Gasteiger partial charge in [0.2, 0.25) is 5.88 Å². The average Bonchev–Trinajstić information content (AvgIpc) is 3.21. The molecule has 0 radical (unpaired) electrons. The fraction of sp³-hybridized carbons (Fsp3) is 0.348. The van der Waals surface area contributed by atoms with Gasteiger partial charge in [-0.1, -0.05) is 44.5 Å². The zero-order chi connectivity index (χ0) is 22.5. The number of pyridine rings is 1. The van der Waals surface area contributed by atoms with Crippen LogP contribution in [-0.4, -0.2) is 30.8 Å². The van der Waals surface area contributed by atoms with Gasteiger partial charge >= 0.3 is 29.6 Å². The predicted molar refractivity (Wildman–Crippen MR) is 122 cm³/mol. The Morgan fingerprint density at radius 1 is 1.19 bits per heavy atom. The van der Waals surface area contributed by atoms with Crippen LogP contribution in [0.4, 0.5) is 4.39 Å². The first-order valence-corrected chi connectivity index (χ1v) is 10.5. The van der Waals surface area contributed by atoms with E-state index in [-0.39, 0.29) is 48.3 Å². The Balaban J connectivity index is 0.00000193.